The summed E-state index contributed by atoms with van der Waals surface area (Å²) in [6.07, 6.45) is 3.93. The van der Waals surface area contributed by atoms with E-state index in [4.69, 9.17) is 10.2 Å². The van der Waals surface area contributed by atoms with Crippen molar-refractivity contribution in [2.24, 2.45) is 5.92 Å². The molecule has 110 valence electrons. The number of hydrogen-bond donors (Lipinski definition) is 4. The average molecular weight is 285 g/mol. The first-order chi connectivity index (χ1) is 9.27. The number of aliphatic carboxylic acids is 2. The molecule has 0 aromatic heterocycles. The number of amides is 2. The monoisotopic (exact) mass is 285 g/mol. The van der Waals surface area contributed by atoms with Crippen molar-refractivity contribution in [3.8, 4) is 0 Å². The molecule has 0 bridgehead atoms. The summed E-state index contributed by atoms with van der Waals surface area (Å²) in [5.41, 5.74) is -1.38. The molecular weight excluding hydrogens is 270 g/mol. The van der Waals surface area contributed by atoms with Crippen LogP contribution in [0.3, 0.4) is 0 Å². The number of nitrogens with one attached hydrogen (secondary N) is 1. The lowest BCUT2D eigenvalue weighted by atomic mass is 9.77. The molecule has 1 aliphatic carbocycles. The largest absolute Gasteiger partial charge is 0.478 e. The zero-order valence-electron chi connectivity index (χ0n) is 10.5. The summed E-state index contributed by atoms with van der Waals surface area (Å²) in [7, 11) is 0. The normalized spacial score (nSPS) is 28.4. The van der Waals surface area contributed by atoms with Crippen LogP contribution in [0.1, 0.15) is 25.7 Å². The molecular formula is C12H15NO7. The predicted octanol–water partition coefficient (Wildman–Crippen LogP) is -0.724. The molecule has 0 radical (unpaired) electrons. The lowest BCUT2D eigenvalue weighted by Gasteiger charge is -2.29. The number of aliphatic hydroxyl groups is 1. The van der Waals surface area contributed by atoms with E-state index in [-0.39, 0.29) is 5.91 Å². The third kappa shape index (κ3) is 3.64. The van der Waals surface area contributed by atoms with Gasteiger partial charge in [0, 0.05) is 12.2 Å². The van der Waals surface area contributed by atoms with Gasteiger partial charge in [-0.1, -0.05) is 6.42 Å². The first-order valence-corrected chi connectivity index (χ1v) is 5.99. The van der Waals surface area contributed by atoms with E-state index in [0.717, 1.165) is 12.8 Å². The summed E-state index contributed by atoms with van der Waals surface area (Å²) in [4.78, 5) is 41.4. The summed E-state index contributed by atoms with van der Waals surface area (Å²) < 4.78 is 0. The van der Waals surface area contributed by atoms with Crippen molar-refractivity contribution >= 4 is 23.8 Å². The molecule has 0 aromatic rings. The standard InChI is InChI=1S/C8H11NO3.C4H4O4/c10-6-5-3-1-2-4-8(5,12)7(11)9-6;5-3(6)1-2-4(7)8/h5,12H,1-4H2,(H,9,10,11);1-2H,(H,5,6)(H,7,8)/b;2-1-. The van der Waals surface area contributed by atoms with Crippen LogP contribution in [0, 0.1) is 5.92 Å². The number of carboxylic acid groups (broad SMARTS) is 2. The molecule has 20 heavy (non-hydrogen) atoms. The van der Waals surface area contributed by atoms with Gasteiger partial charge in [0.15, 0.2) is 5.60 Å². The van der Waals surface area contributed by atoms with Crippen molar-refractivity contribution in [3.05, 3.63) is 12.2 Å². The molecule has 8 heteroatoms. The minimum Gasteiger partial charge on any atom is -0.478 e. The molecule has 8 nitrogen and oxygen atoms in total. The first kappa shape index (κ1) is 15.8. The highest BCUT2D eigenvalue weighted by Gasteiger charge is 2.54. The number of carboxylic acids is 2. The van der Waals surface area contributed by atoms with Gasteiger partial charge in [-0.25, -0.2) is 9.59 Å². The number of carbonyl (C=O) groups is 4. The van der Waals surface area contributed by atoms with Gasteiger partial charge in [-0.2, -0.15) is 0 Å². The second-order valence-corrected chi connectivity index (χ2v) is 4.55. The fraction of sp³-hybridized carbons (Fsp3) is 0.500. The fourth-order valence-electron chi connectivity index (χ4n) is 2.23. The minimum absolute atomic E-state index is 0.304. The molecule has 1 heterocycles. The third-order valence-corrected chi connectivity index (χ3v) is 3.19. The number of imide groups is 1. The van der Waals surface area contributed by atoms with Crippen LogP contribution in [0.2, 0.25) is 0 Å². The third-order valence-electron chi connectivity index (χ3n) is 3.19. The van der Waals surface area contributed by atoms with Crippen molar-refractivity contribution in [1.29, 1.82) is 0 Å². The number of carbonyl (C=O) groups excluding carboxylic acids is 2. The first-order valence-electron chi connectivity index (χ1n) is 5.99. The van der Waals surface area contributed by atoms with E-state index < -0.39 is 29.4 Å². The van der Waals surface area contributed by atoms with Crippen molar-refractivity contribution in [2.45, 2.75) is 31.3 Å². The highest BCUT2D eigenvalue weighted by Crippen LogP contribution is 2.37. The van der Waals surface area contributed by atoms with Gasteiger partial charge < -0.3 is 15.3 Å². The summed E-state index contributed by atoms with van der Waals surface area (Å²) >= 11 is 0. The molecule has 1 saturated heterocycles. The van der Waals surface area contributed by atoms with Crippen molar-refractivity contribution in [2.75, 3.05) is 0 Å². The van der Waals surface area contributed by atoms with Crippen LogP contribution < -0.4 is 5.32 Å². The van der Waals surface area contributed by atoms with Crippen molar-refractivity contribution < 1.29 is 34.5 Å². The van der Waals surface area contributed by atoms with Crippen molar-refractivity contribution in [3.63, 3.8) is 0 Å². The summed E-state index contributed by atoms with van der Waals surface area (Å²) in [6.45, 7) is 0. The van der Waals surface area contributed by atoms with Crippen LogP contribution in [-0.4, -0.2) is 44.7 Å². The van der Waals surface area contributed by atoms with Gasteiger partial charge in [0.1, 0.15) is 0 Å². The van der Waals surface area contributed by atoms with E-state index in [1.807, 2.05) is 0 Å². The number of hydrogen-bond acceptors (Lipinski definition) is 5. The maximum absolute atomic E-state index is 11.2. The number of fused-ring (bicyclic) bond motifs is 1. The molecule has 2 unspecified atom stereocenters. The summed E-state index contributed by atoms with van der Waals surface area (Å²) in [5, 5.41) is 27.6. The summed E-state index contributed by atoms with van der Waals surface area (Å²) in [5.74, 6) is -3.81. The molecule has 0 aromatic carbocycles. The Hall–Kier alpha value is -2.22. The second kappa shape index (κ2) is 6.29. The Kier molecular flexibility index (Phi) is 4.98. The quantitative estimate of drug-likeness (QED) is 0.387. The average Bonchev–Trinajstić information content (AvgIpc) is 2.59. The molecule has 2 rings (SSSR count). The maximum atomic E-state index is 11.2. The van der Waals surface area contributed by atoms with Gasteiger partial charge in [0.2, 0.25) is 5.91 Å². The molecule has 2 fully saturated rings. The SMILES string of the molecule is O=C(O)/C=C\C(=O)O.O=C1NC(=O)C2(O)CCCCC12. The van der Waals surface area contributed by atoms with E-state index in [1.54, 1.807) is 0 Å². The lowest BCUT2D eigenvalue weighted by Crippen LogP contribution is -2.44. The second-order valence-electron chi connectivity index (χ2n) is 4.55. The lowest BCUT2D eigenvalue weighted by molar-refractivity contribution is -0.142. The Morgan fingerprint density at radius 2 is 1.70 bits per heavy atom. The Labute approximate surface area is 114 Å². The maximum Gasteiger partial charge on any atom is 0.328 e. The van der Waals surface area contributed by atoms with Gasteiger partial charge in [-0.15, -0.1) is 0 Å². The van der Waals surface area contributed by atoms with Gasteiger partial charge in [-0.05, 0) is 19.3 Å². The number of rotatable bonds is 2. The fourth-order valence-corrected chi connectivity index (χ4v) is 2.23. The highest BCUT2D eigenvalue weighted by molar-refractivity contribution is 6.09. The highest BCUT2D eigenvalue weighted by atomic mass is 16.4. The Morgan fingerprint density at radius 3 is 2.15 bits per heavy atom. The van der Waals surface area contributed by atoms with Gasteiger partial charge >= 0.3 is 11.9 Å². The van der Waals surface area contributed by atoms with E-state index in [2.05, 4.69) is 5.32 Å². The van der Waals surface area contributed by atoms with Crippen molar-refractivity contribution in [1.82, 2.24) is 5.32 Å². The molecule has 2 aliphatic rings. The Bertz CT molecular complexity index is 454. The van der Waals surface area contributed by atoms with Gasteiger partial charge in [-0.3, -0.25) is 14.9 Å². The Morgan fingerprint density at radius 1 is 1.15 bits per heavy atom. The van der Waals surface area contributed by atoms with E-state index >= 15 is 0 Å². The molecule has 0 spiro atoms. The van der Waals surface area contributed by atoms with Crippen LogP contribution in [-0.2, 0) is 19.2 Å². The smallest absolute Gasteiger partial charge is 0.328 e. The zero-order valence-corrected chi connectivity index (χ0v) is 10.5. The van der Waals surface area contributed by atoms with Crippen LogP contribution in [0.4, 0.5) is 0 Å². The summed E-state index contributed by atoms with van der Waals surface area (Å²) in [6, 6.07) is 0. The van der Waals surface area contributed by atoms with Crippen LogP contribution in [0.25, 0.3) is 0 Å². The van der Waals surface area contributed by atoms with Crippen LogP contribution >= 0.6 is 0 Å². The van der Waals surface area contributed by atoms with E-state index in [1.165, 1.54) is 0 Å². The zero-order chi connectivity index (χ0) is 15.3. The molecule has 1 aliphatic heterocycles. The van der Waals surface area contributed by atoms with Crippen LogP contribution in [0.5, 0.6) is 0 Å². The molecule has 4 N–H and O–H groups in total. The van der Waals surface area contributed by atoms with Crippen LogP contribution in [0.15, 0.2) is 12.2 Å². The molecule has 2 amide bonds. The molecule has 2 atom stereocenters. The topological polar surface area (TPSA) is 141 Å². The van der Waals surface area contributed by atoms with E-state index in [0.29, 0.717) is 25.0 Å². The minimum atomic E-state index is -1.38. The predicted molar refractivity (Wildman–Crippen MR) is 64.5 cm³/mol. The van der Waals surface area contributed by atoms with E-state index in [9.17, 15) is 24.3 Å². The Balaban J connectivity index is 0.000000221. The van der Waals surface area contributed by atoms with Gasteiger partial charge in [0.05, 0.1) is 5.92 Å². The van der Waals surface area contributed by atoms with Gasteiger partial charge in [0.25, 0.3) is 5.91 Å². The molecule has 1 saturated carbocycles.